The lowest BCUT2D eigenvalue weighted by Gasteiger charge is -2.07. The zero-order valence-corrected chi connectivity index (χ0v) is 11.3. The third kappa shape index (κ3) is 1.89. The molecule has 0 bridgehead atoms. The summed E-state index contributed by atoms with van der Waals surface area (Å²) in [5.74, 6) is 0.219. The highest BCUT2D eigenvalue weighted by Crippen LogP contribution is 2.20. The first-order chi connectivity index (χ1) is 9.61. The molecule has 0 fully saturated rings. The van der Waals surface area contributed by atoms with Crippen LogP contribution in [0, 0.1) is 6.92 Å². The normalized spacial score (nSPS) is 11.8. The number of aromatic nitrogens is 5. The Morgan fingerprint density at radius 1 is 1.45 bits per heavy atom. The number of hydrogen-bond donors (Lipinski definition) is 1. The maximum Gasteiger partial charge on any atom is 0.311 e. The lowest BCUT2D eigenvalue weighted by molar-refractivity contribution is -0.711. The third-order valence-electron chi connectivity index (χ3n) is 3.05. The molecule has 3 heterocycles. The van der Waals surface area contributed by atoms with Crippen LogP contribution >= 0.6 is 0 Å². The van der Waals surface area contributed by atoms with E-state index in [0.29, 0.717) is 16.9 Å². The number of aryl methyl sites for hydroxylation is 2. The Morgan fingerprint density at radius 2 is 2.25 bits per heavy atom. The van der Waals surface area contributed by atoms with Crippen molar-refractivity contribution in [1.29, 1.82) is 0 Å². The lowest BCUT2D eigenvalue weighted by Crippen LogP contribution is -2.35. The molecule has 0 spiro atoms. The molecule has 0 aliphatic rings. The van der Waals surface area contributed by atoms with Crippen LogP contribution in [0.2, 0.25) is 0 Å². The summed E-state index contributed by atoms with van der Waals surface area (Å²) >= 11 is 0. The van der Waals surface area contributed by atoms with E-state index in [9.17, 15) is 5.11 Å². The molecule has 106 valence electrons. The van der Waals surface area contributed by atoms with Gasteiger partial charge in [-0.05, 0) is 6.92 Å². The molecule has 0 atom stereocenters. The largest absolute Gasteiger partial charge is 0.857 e. The van der Waals surface area contributed by atoms with Crippen LogP contribution in [-0.4, -0.2) is 37.3 Å². The number of imidazole rings is 2. The number of rotatable bonds is 4. The van der Waals surface area contributed by atoms with Crippen molar-refractivity contribution in [2.24, 2.45) is 7.05 Å². The van der Waals surface area contributed by atoms with Crippen LogP contribution in [-0.2, 0) is 18.5 Å². The third-order valence-corrected chi connectivity index (χ3v) is 3.05. The van der Waals surface area contributed by atoms with Gasteiger partial charge in [0.2, 0.25) is 0 Å². The minimum atomic E-state index is -0.158. The fourth-order valence-corrected chi connectivity index (χ4v) is 2.22. The molecular weight excluding hydrogens is 262 g/mol. The Hall–Kier alpha value is -2.19. The van der Waals surface area contributed by atoms with E-state index in [1.165, 1.54) is 4.40 Å². The number of aliphatic hydroxyl groups is 1. The molecule has 1 N–H and O–H groups in total. The molecule has 0 aromatic carbocycles. The van der Waals surface area contributed by atoms with Crippen LogP contribution in [0.25, 0.3) is 16.9 Å². The predicted molar refractivity (Wildman–Crippen MR) is 66.9 cm³/mol. The van der Waals surface area contributed by atoms with E-state index in [1.807, 2.05) is 6.92 Å². The van der Waals surface area contributed by atoms with E-state index in [2.05, 4.69) is 9.97 Å². The molecule has 8 nitrogen and oxygen atoms in total. The van der Waals surface area contributed by atoms with E-state index in [-0.39, 0.29) is 25.8 Å². The second kappa shape index (κ2) is 4.73. The fourth-order valence-electron chi connectivity index (χ4n) is 2.22. The number of ether oxygens (including phenoxy) is 1. The summed E-state index contributed by atoms with van der Waals surface area (Å²) < 4.78 is 10.1. The predicted octanol–water partition coefficient (Wildman–Crippen LogP) is -1.14. The van der Waals surface area contributed by atoms with Gasteiger partial charge in [0, 0.05) is 12.1 Å². The van der Waals surface area contributed by atoms with Crippen LogP contribution in [0.3, 0.4) is 0 Å². The molecule has 0 saturated heterocycles. The Bertz CT molecular complexity index is 776. The maximum atomic E-state index is 12.4. The van der Waals surface area contributed by atoms with Gasteiger partial charge in [-0.2, -0.15) is 0 Å². The summed E-state index contributed by atoms with van der Waals surface area (Å²) in [6, 6.07) is 0. The Balaban J connectivity index is 2.18. The first-order valence-electron chi connectivity index (χ1n) is 6.21. The van der Waals surface area contributed by atoms with E-state index in [1.54, 1.807) is 28.7 Å². The minimum Gasteiger partial charge on any atom is -0.857 e. The number of nitrogens with zero attached hydrogens (tertiary/aromatic N) is 5. The quantitative estimate of drug-likeness (QED) is 0.480. The second-order valence-corrected chi connectivity index (χ2v) is 4.60. The van der Waals surface area contributed by atoms with Crippen LogP contribution in [0.4, 0.5) is 0 Å². The van der Waals surface area contributed by atoms with Gasteiger partial charge in [0.25, 0.3) is 0 Å². The van der Waals surface area contributed by atoms with Crippen LogP contribution < -0.4 is 9.67 Å². The van der Waals surface area contributed by atoms with Gasteiger partial charge in [-0.25, -0.2) is 9.55 Å². The van der Waals surface area contributed by atoms with Gasteiger partial charge in [0.05, 0.1) is 26.0 Å². The van der Waals surface area contributed by atoms with Gasteiger partial charge in [0.15, 0.2) is 18.6 Å². The van der Waals surface area contributed by atoms with E-state index in [4.69, 9.17) is 9.84 Å². The van der Waals surface area contributed by atoms with Crippen LogP contribution in [0.15, 0.2) is 12.5 Å². The highest BCUT2D eigenvalue weighted by molar-refractivity contribution is 5.75. The first-order valence-corrected chi connectivity index (χ1v) is 6.21. The van der Waals surface area contributed by atoms with E-state index in [0.717, 1.165) is 5.69 Å². The van der Waals surface area contributed by atoms with Crippen molar-refractivity contribution in [3.63, 3.8) is 0 Å². The molecule has 8 heteroatoms. The monoisotopic (exact) mass is 277 g/mol. The Labute approximate surface area is 114 Å². The molecule has 0 aliphatic heterocycles. The molecule has 3 rings (SSSR count). The number of fused-ring (bicyclic) bond motifs is 2. The Morgan fingerprint density at radius 3 is 3.00 bits per heavy atom. The number of aliphatic hydroxyl groups excluding tert-OH is 1. The summed E-state index contributed by atoms with van der Waals surface area (Å²) in [6.45, 7) is 2.23. The van der Waals surface area contributed by atoms with Crippen molar-refractivity contribution in [1.82, 2.24) is 18.9 Å². The standard InChI is InChI=1S/C12H15N5O3/c1-8-5-17-11(19)9-10(14-12(17)13-8)16(6-15(9)2)7-20-4-3-18/h5-6,18H,3-4,7H2,1-2H3. The maximum absolute atomic E-state index is 12.4. The molecule has 0 saturated carbocycles. The van der Waals surface area contributed by atoms with Crippen molar-refractivity contribution >= 4 is 16.9 Å². The molecule has 0 amide bonds. The SMILES string of the molecule is Cc1cn2c([O-])c3c(nc2n1)[n+](COCCO)cn3C. The molecule has 3 aromatic heterocycles. The molecule has 3 aromatic rings. The highest BCUT2D eigenvalue weighted by Gasteiger charge is 2.19. The van der Waals surface area contributed by atoms with Crippen molar-refractivity contribution < 1.29 is 19.5 Å². The van der Waals surface area contributed by atoms with E-state index >= 15 is 0 Å². The summed E-state index contributed by atoms with van der Waals surface area (Å²) in [7, 11) is 1.78. The van der Waals surface area contributed by atoms with Gasteiger partial charge in [0.1, 0.15) is 0 Å². The van der Waals surface area contributed by atoms with Gasteiger partial charge in [-0.15, -0.1) is 0 Å². The van der Waals surface area contributed by atoms with Crippen LogP contribution in [0.1, 0.15) is 5.69 Å². The van der Waals surface area contributed by atoms with Gasteiger partial charge >= 0.3 is 11.4 Å². The van der Waals surface area contributed by atoms with E-state index < -0.39 is 0 Å². The van der Waals surface area contributed by atoms with Gasteiger partial charge in [-0.1, -0.05) is 4.98 Å². The second-order valence-electron chi connectivity index (χ2n) is 4.60. The fraction of sp³-hybridized carbons (Fsp3) is 0.417. The Kier molecular flexibility index (Phi) is 3.03. The zero-order valence-electron chi connectivity index (χ0n) is 11.3. The van der Waals surface area contributed by atoms with Gasteiger partial charge in [-0.3, -0.25) is 8.97 Å². The topological polar surface area (TPSA) is 91.5 Å². The minimum absolute atomic E-state index is 0.0464. The lowest BCUT2D eigenvalue weighted by atomic mass is 10.5. The van der Waals surface area contributed by atoms with Crippen molar-refractivity contribution in [2.45, 2.75) is 13.7 Å². The summed E-state index contributed by atoms with van der Waals surface area (Å²) in [6.07, 6.45) is 3.41. The van der Waals surface area contributed by atoms with Crippen molar-refractivity contribution in [3.8, 4) is 5.88 Å². The average molecular weight is 277 g/mol. The highest BCUT2D eigenvalue weighted by atomic mass is 16.5. The summed E-state index contributed by atoms with van der Waals surface area (Å²) in [5, 5.41) is 21.2. The molecule has 0 radical (unpaired) electrons. The molecule has 0 aliphatic carbocycles. The van der Waals surface area contributed by atoms with Crippen molar-refractivity contribution in [2.75, 3.05) is 13.2 Å². The van der Waals surface area contributed by atoms with Crippen molar-refractivity contribution in [3.05, 3.63) is 18.2 Å². The van der Waals surface area contributed by atoms with Gasteiger partial charge < -0.3 is 14.9 Å². The molecule has 20 heavy (non-hydrogen) atoms. The zero-order chi connectivity index (χ0) is 14.3. The average Bonchev–Trinajstić information content (AvgIpc) is 2.92. The first kappa shape index (κ1) is 12.8. The van der Waals surface area contributed by atoms with Crippen LogP contribution in [0.5, 0.6) is 5.88 Å². The molecule has 0 unspecified atom stereocenters. The summed E-state index contributed by atoms with van der Waals surface area (Å²) in [4.78, 5) is 8.63. The number of hydrogen-bond acceptors (Lipinski definition) is 5. The summed E-state index contributed by atoms with van der Waals surface area (Å²) in [5.41, 5.74) is 1.75. The molecular formula is C12H15N5O3. The smallest absolute Gasteiger partial charge is 0.311 e.